The molecule has 1 saturated carbocycles. The van der Waals surface area contributed by atoms with Gasteiger partial charge in [-0.25, -0.2) is 33.4 Å². The van der Waals surface area contributed by atoms with Crippen molar-refractivity contribution in [2.75, 3.05) is 13.2 Å². The highest BCUT2D eigenvalue weighted by molar-refractivity contribution is 7.47. The molecule has 0 aromatic rings. The van der Waals surface area contributed by atoms with Gasteiger partial charge in [-0.2, -0.15) is 0 Å². The van der Waals surface area contributed by atoms with E-state index in [0.717, 1.165) is 0 Å². The Morgan fingerprint density at radius 1 is 0.610 bits per heavy atom. The van der Waals surface area contributed by atoms with E-state index < -0.39 is 91.5 Å². The Kier molecular flexibility index (Phi) is 27.5. The van der Waals surface area contributed by atoms with Crippen molar-refractivity contribution in [2.45, 2.75) is 49.7 Å². The van der Waals surface area contributed by atoms with Crippen molar-refractivity contribution < 1.29 is 195 Å². The van der Waals surface area contributed by atoms with Gasteiger partial charge >= 0.3 is 35.6 Å². The first-order valence-corrected chi connectivity index (χ1v) is 18.1. The van der Waals surface area contributed by atoms with Crippen LogP contribution in [0.4, 0.5) is 4.79 Å². The summed E-state index contributed by atoms with van der Waals surface area (Å²) < 4.78 is 62.5. The minimum atomic E-state index is -5.77. The molecule has 1 rings (SSSR count). The van der Waals surface area contributed by atoms with Gasteiger partial charge in [0, 0.05) is 70.4 Å². The molecule has 1 fully saturated rings. The molecule has 380 valence electrons. The van der Waals surface area contributed by atoms with Crippen molar-refractivity contribution >= 4 is 35.6 Å². The molecule has 0 aliphatic heterocycles. The molecule has 0 aromatic heterocycles. The van der Waals surface area contributed by atoms with Crippen molar-refractivity contribution in [3.05, 3.63) is 0 Å². The summed E-state index contributed by atoms with van der Waals surface area (Å²) in [5.74, 6) is 21.0. The molecule has 37 heteroatoms. The molecule has 1 aliphatic rings. The SMILES string of the molecule is CC#CC#CC#CC#CC#CC(=O)OC[C@H](COP(=O)(O)OC1C(O)[C@H](OP(=O)(O)O)C(O)C(OP(=O)(O)O)[C@@H]1O)OC(=O)OOOOOOOOOOOOOO.N.[HH].[HH].[HH].[HH].[HH].[HH].[HH].[HH].[HH].[HH].[HH].[HH].[HH].[HH].[HH].[HH].[HH].[HH].[HH].[HH].[HH].[HH].[HH].[HH]. The minimum absolute atomic E-state index is 0. The topological polar surface area (TPSA) is 478 Å². The monoisotopic (exact) mass is 973 g/mol. The first-order valence-electron chi connectivity index (χ1n) is 13.6. The summed E-state index contributed by atoms with van der Waals surface area (Å²) in [5.41, 5.74) is 0. The van der Waals surface area contributed by atoms with Crippen LogP contribution in [0.1, 0.15) is 41.2 Å². The van der Waals surface area contributed by atoms with Crippen LogP contribution in [0.3, 0.4) is 0 Å². The van der Waals surface area contributed by atoms with E-state index in [1.54, 1.807) is 6.92 Å². The molecule has 1 aliphatic carbocycles. The van der Waals surface area contributed by atoms with Gasteiger partial charge in [-0.3, -0.25) is 18.1 Å². The number of aliphatic hydroxyl groups is 3. The van der Waals surface area contributed by atoms with E-state index in [9.17, 15) is 43.5 Å². The molecule has 0 bridgehead atoms. The molecular weight excluding hydrogens is 899 g/mol. The molecule has 59 heavy (non-hydrogen) atoms. The molecule has 12 N–H and O–H groups in total. The lowest BCUT2D eigenvalue weighted by Gasteiger charge is -2.44. The zero-order chi connectivity index (χ0) is 43.6. The van der Waals surface area contributed by atoms with E-state index in [1.165, 1.54) is 0 Å². The molecule has 0 aromatic carbocycles. The van der Waals surface area contributed by atoms with Crippen molar-refractivity contribution in [1.29, 1.82) is 0 Å². The van der Waals surface area contributed by atoms with Gasteiger partial charge in [0.05, 0.1) is 6.61 Å². The third kappa shape index (κ3) is 26.1. The summed E-state index contributed by atoms with van der Waals surface area (Å²) >= 11 is 0. The second-order valence-corrected chi connectivity index (χ2v) is 12.6. The maximum absolute atomic E-state index is 12.8. The molecule has 0 saturated heterocycles. The second kappa shape index (κ2) is 29.4. The van der Waals surface area contributed by atoms with Gasteiger partial charge in [0.1, 0.15) is 43.2 Å². The van der Waals surface area contributed by atoms with Crippen LogP contribution < -0.4 is 6.15 Å². The number of hydrogen-bond donors (Lipinski definition) is 10. The molecule has 34 nitrogen and oxygen atoms in total. The third-order valence-electron chi connectivity index (χ3n) is 5.02. The highest BCUT2D eigenvalue weighted by atomic mass is 31.2. The van der Waals surface area contributed by atoms with E-state index >= 15 is 0 Å². The zero-order valence-corrected chi connectivity index (χ0v) is 31.0. The van der Waals surface area contributed by atoms with Gasteiger partial charge in [-0.05, 0) is 84.5 Å². The fourth-order valence-corrected chi connectivity index (χ4v) is 5.29. The Morgan fingerprint density at radius 2 is 1.02 bits per heavy atom. The van der Waals surface area contributed by atoms with Crippen LogP contribution in [-0.2, 0) is 111 Å². The van der Waals surface area contributed by atoms with Gasteiger partial charge in [0.15, 0.2) is 6.10 Å². The highest BCUT2D eigenvalue weighted by Crippen LogP contribution is 2.51. The van der Waals surface area contributed by atoms with E-state index in [2.05, 4.69) is 136 Å². The number of carbonyl (C=O) groups excluding carboxylic acids is 2. The lowest BCUT2D eigenvalue weighted by molar-refractivity contribution is -0.874. The fourth-order valence-electron chi connectivity index (χ4n) is 3.18. The summed E-state index contributed by atoms with van der Waals surface area (Å²) in [4.78, 5) is 74.8. The predicted molar refractivity (Wildman–Crippen MR) is 211 cm³/mol. The number of carbonyl (C=O) groups is 2. The molecule has 0 amide bonds. The number of phosphoric ester groups is 3. The predicted octanol–water partition coefficient (Wildman–Crippen LogP) is 2.36. The van der Waals surface area contributed by atoms with Crippen LogP contribution >= 0.6 is 23.5 Å². The van der Waals surface area contributed by atoms with Crippen molar-refractivity contribution in [1.82, 2.24) is 6.15 Å². The van der Waals surface area contributed by atoms with Crippen LogP contribution in [0.2, 0.25) is 0 Å². The summed E-state index contributed by atoms with van der Waals surface area (Å²) in [6, 6.07) is 0. The zero-order valence-electron chi connectivity index (χ0n) is 28.3. The van der Waals surface area contributed by atoms with Crippen LogP contribution in [0.25, 0.3) is 0 Å². The lowest BCUT2D eigenvalue weighted by Crippen LogP contribution is -2.65. The van der Waals surface area contributed by atoms with Crippen LogP contribution in [0.15, 0.2) is 0 Å². The number of ether oxygens (including phenoxy) is 2. The summed E-state index contributed by atoms with van der Waals surface area (Å²) in [6.45, 7) is -0.958. The molecule has 0 heterocycles. The number of aliphatic hydroxyl groups excluding tert-OH is 3. The fraction of sp³-hybridized carbons (Fsp3) is 0.455. The molecule has 5 unspecified atom stereocenters. The minimum Gasteiger partial charge on any atom is -0.452 e. The van der Waals surface area contributed by atoms with Crippen LogP contribution in [-0.4, -0.2) is 113 Å². The average molecular weight is 974 g/mol. The Balaban J connectivity index is -0.0000000585. The van der Waals surface area contributed by atoms with Crippen LogP contribution in [0.5, 0.6) is 0 Å². The maximum Gasteiger partial charge on any atom is 0.543 e. The molecule has 8 atom stereocenters. The van der Waals surface area contributed by atoms with Crippen molar-refractivity contribution in [3.8, 4) is 59.2 Å². The van der Waals surface area contributed by atoms with E-state index in [0.29, 0.717) is 0 Å². The molecule has 0 spiro atoms. The average Bonchev–Trinajstić information content (AvgIpc) is 3.14. The van der Waals surface area contributed by atoms with Crippen molar-refractivity contribution in [3.63, 3.8) is 0 Å². The Bertz CT molecular complexity index is 1810. The summed E-state index contributed by atoms with van der Waals surface area (Å²) in [6.07, 6.45) is -19.9. The van der Waals surface area contributed by atoms with E-state index in [4.69, 9.17) is 29.6 Å². The summed E-state index contributed by atoms with van der Waals surface area (Å²) in [7, 11) is -17.1. The second-order valence-electron chi connectivity index (χ2n) is 8.80. The first kappa shape index (κ1) is 55.2. The van der Waals surface area contributed by atoms with Gasteiger partial charge in [0.2, 0.25) is 0 Å². The number of esters is 1. The normalized spacial score (nSPS) is 21.2. The van der Waals surface area contributed by atoms with Gasteiger partial charge in [-0.1, -0.05) is 5.92 Å². The number of phosphoric acid groups is 3. The van der Waals surface area contributed by atoms with Gasteiger partial charge in [-0.15, -0.1) is 0 Å². The molecule has 0 radical (unpaired) electrons. The van der Waals surface area contributed by atoms with E-state index in [1.807, 2.05) is 11.8 Å². The number of rotatable bonds is 24. The highest BCUT2D eigenvalue weighted by Gasteiger charge is 2.56. The lowest BCUT2D eigenvalue weighted by atomic mass is 9.85. The quantitative estimate of drug-likeness (QED) is 0.0126. The Hall–Kier alpha value is -3.81. The van der Waals surface area contributed by atoms with Crippen molar-refractivity contribution in [2.24, 2.45) is 0 Å². The van der Waals surface area contributed by atoms with Crippen LogP contribution in [0, 0.1) is 59.2 Å². The largest absolute Gasteiger partial charge is 0.543 e. The van der Waals surface area contributed by atoms with E-state index in [-0.39, 0.29) is 40.4 Å². The third-order valence-corrected chi connectivity index (χ3v) is 7.04. The van der Waals surface area contributed by atoms with Gasteiger partial charge in [0.25, 0.3) is 0 Å². The maximum atomic E-state index is 12.8. The number of hydrogen-bond acceptors (Lipinski definition) is 29. The first-order chi connectivity index (χ1) is 27.3. The smallest absolute Gasteiger partial charge is 0.452 e. The Labute approximate surface area is 361 Å². The summed E-state index contributed by atoms with van der Waals surface area (Å²) in [5, 5.41) is 80.3. The standard InChI is InChI=1S/C22H23O33P3.H3N.24H2/c1-2-3-4-5-6-7-8-9-10-11-15(23)37-12-14(39-22(27)40-45-47-49-51-53-55-54-52-50-48-46-44-28)13-38-58(35,36)43-21-17(25)19(41-56(29,30)31)16(24)20(18(21)26)42-57(32,33)34;;;;;;;;;;;;;;;;;;;;;;;;;/h14,16-21,24-26,28H,12-13H2,1H3,(H,35,36)(H2,29,30,31)(H2,32,33,34);1H3;24*1H/t14-,16?,17+,18?,19?,20-,21?;;;;;;;;;;;;;;;;;;;;;;;;;/m1........................./s1. The van der Waals surface area contributed by atoms with Gasteiger partial charge < -0.3 is 55.4 Å². The molecular formula is C22H74NO33P3. The Morgan fingerprint density at radius 3 is 1.46 bits per heavy atom.